The number of aromatic nitrogens is 1. The molecular weight excluding hydrogens is 437 g/mol. The van der Waals surface area contributed by atoms with Crippen molar-refractivity contribution in [3.63, 3.8) is 0 Å². The fourth-order valence-corrected chi connectivity index (χ4v) is 5.21. The van der Waals surface area contributed by atoms with E-state index in [4.69, 9.17) is 14.6 Å². The van der Waals surface area contributed by atoms with Crippen molar-refractivity contribution in [2.75, 3.05) is 13.2 Å². The van der Waals surface area contributed by atoms with E-state index in [9.17, 15) is 0 Å². The molecule has 6 rings (SSSR count). The maximum atomic E-state index is 15.4. The molecule has 1 aliphatic heterocycles. The average Bonchev–Trinajstić information content (AvgIpc) is 3.27. The number of fused-ring (bicyclic) bond motifs is 3. The lowest BCUT2D eigenvalue weighted by molar-refractivity contribution is -0.660. The van der Waals surface area contributed by atoms with Gasteiger partial charge in [0.2, 0.25) is 5.69 Å². The lowest BCUT2D eigenvalue weighted by Gasteiger charge is -2.22. The third-order valence-corrected chi connectivity index (χ3v) is 7.03. The van der Waals surface area contributed by atoms with Crippen LogP contribution in [0.5, 0.6) is 0 Å². The molecule has 0 atom stereocenters. The zero-order chi connectivity index (χ0) is 27.5. The maximum absolute atomic E-state index is 15.4. The Morgan fingerprint density at radius 3 is 2.34 bits per heavy atom. The predicted octanol–water partition coefficient (Wildman–Crippen LogP) is 7.39. The second-order valence-corrected chi connectivity index (χ2v) is 9.24. The quantitative estimate of drug-likeness (QED) is 0.257. The summed E-state index contributed by atoms with van der Waals surface area (Å²) >= 11 is 0. The van der Waals surface area contributed by atoms with Crippen LogP contribution in [0.4, 0.5) is 4.39 Å². The van der Waals surface area contributed by atoms with Gasteiger partial charge in [-0.2, -0.15) is 0 Å². The van der Waals surface area contributed by atoms with Crippen molar-refractivity contribution in [2.45, 2.75) is 32.5 Å². The molecular formula is C31H29FNO2+. The lowest BCUT2D eigenvalue weighted by atomic mass is 9.90. The molecule has 5 aromatic rings. The molecule has 0 radical (unpaired) electrons. The number of halogens is 1. The van der Waals surface area contributed by atoms with Crippen molar-refractivity contribution in [3.8, 4) is 22.4 Å². The van der Waals surface area contributed by atoms with E-state index in [0.717, 1.165) is 33.2 Å². The van der Waals surface area contributed by atoms with Crippen LogP contribution < -0.4 is 4.57 Å². The molecule has 3 heterocycles. The fraction of sp³-hybridized carbons (Fsp3) is 0.258. The van der Waals surface area contributed by atoms with E-state index in [1.165, 1.54) is 6.07 Å². The van der Waals surface area contributed by atoms with Crippen LogP contribution >= 0.6 is 0 Å². The molecule has 0 bridgehead atoms. The highest BCUT2D eigenvalue weighted by Gasteiger charge is 2.23. The monoisotopic (exact) mass is 470 g/mol. The Bertz CT molecular complexity index is 1720. The summed E-state index contributed by atoms with van der Waals surface area (Å²) in [6.45, 7) is 0.906. The molecule has 0 N–H and O–H groups in total. The number of ether oxygens (including phenoxy) is 1. The van der Waals surface area contributed by atoms with E-state index >= 15 is 4.39 Å². The molecule has 4 heteroatoms. The molecule has 1 fully saturated rings. The number of rotatable bonds is 3. The molecule has 3 aromatic carbocycles. The standard InChI is InChI=1S/C31H29FNO2/c1-19-4-13-27(33(3)18-19)28-20(2)5-10-24-25-11-12-26(32)29(31(25)35-30(24)28)23-8-6-21(7-9-23)22-14-16-34-17-15-22/h4-13,18,22H,14-17H2,1-3H3/q+1/i1D3,22D. The zero-order valence-electron chi connectivity index (χ0n) is 23.8. The number of benzene rings is 3. The third-order valence-electron chi connectivity index (χ3n) is 7.03. The second kappa shape index (κ2) is 8.62. The average molecular weight is 471 g/mol. The fourth-order valence-electron chi connectivity index (χ4n) is 5.21. The van der Waals surface area contributed by atoms with Crippen LogP contribution in [0, 0.1) is 19.6 Å². The van der Waals surface area contributed by atoms with Gasteiger partial charge in [0.25, 0.3) is 0 Å². The second-order valence-electron chi connectivity index (χ2n) is 9.24. The van der Waals surface area contributed by atoms with Crippen LogP contribution in [0.2, 0.25) is 0 Å². The summed E-state index contributed by atoms with van der Waals surface area (Å²) in [5.74, 6) is -1.08. The van der Waals surface area contributed by atoms with E-state index in [2.05, 4.69) is 0 Å². The summed E-state index contributed by atoms with van der Waals surface area (Å²) in [6.07, 6.45) is 2.88. The Balaban J connectivity index is 1.52. The van der Waals surface area contributed by atoms with E-state index in [-0.39, 0.29) is 11.4 Å². The van der Waals surface area contributed by atoms with Crippen LogP contribution in [0.3, 0.4) is 0 Å². The number of furan rings is 1. The zero-order valence-corrected chi connectivity index (χ0v) is 19.8. The molecule has 0 amide bonds. The SMILES string of the molecule is [2H]C([2H])([2H])c1ccc(-c2c(C)ccc3c2oc2c(-c4ccc(C5([2H])CCOCC5)cc4)c(F)ccc23)[n+](C)c1. The van der Waals surface area contributed by atoms with Gasteiger partial charge in [-0.15, -0.1) is 0 Å². The largest absolute Gasteiger partial charge is 0.454 e. The number of hydrogen-bond acceptors (Lipinski definition) is 2. The Labute approximate surface area is 210 Å². The molecule has 0 aliphatic carbocycles. The molecule has 1 saturated heterocycles. The van der Waals surface area contributed by atoms with Gasteiger partial charge in [-0.3, -0.25) is 0 Å². The van der Waals surface area contributed by atoms with E-state index in [1.54, 1.807) is 29.0 Å². The van der Waals surface area contributed by atoms with Crippen LogP contribution in [0.15, 0.2) is 71.3 Å². The molecule has 35 heavy (non-hydrogen) atoms. The van der Waals surface area contributed by atoms with Crippen molar-refractivity contribution in [3.05, 3.63) is 89.4 Å². The Hall–Kier alpha value is -3.50. The molecule has 176 valence electrons. The van der Waals surface area contributed by atoms with Crippen molar-refractivity contribution >= 4 is 21.9 Å². The minimum absolute atomic E-state index is 0.256. The Morgan fingerprint density at radius 1 is 0.914 bits per heavy atom. The van der Waals surface area contributed by atoms with E-state index in [1.807, 2.05) is 50.4 Å². The van der Waals surface area contributed by atoms with Crippen LogP contribution in [0.25, 0.3) is 44.3 Å². The molecule has 1 aliphatic rings. The van der Waals surface area contributed by atoms with Crippen LogP contribution in [-0.4, -0.2) is 13.2 Å². The van der Waals surface area contributed by atoms with E-state index < -0.39 is 12.7 Å². The van der Waals surface area contributed by atoms with Crippen molar-refractivity contribution in [1.29, 1.82) is 0 Å². The summed E-state index contributed by atoms with van der Waals surface area (Å²) in [5, 5.41) is 1.66. The van der Waals surface area contributed by atoms with E-state index in [0.29, 0.717) is 48.3 Å². The molecule has 0 spiro atoms. The molecule has 0 saturated carbocycles. The first-order valence-corrected chi connectivity index (χ1v) is 11.9. The highest BCUT2D eigenvalue weighted by molar-refractivity contribution is 6.13. The van der Waals surface area contributed by atoms with Crippen LogP contribution in [-0.2, 0) is 11.8 Å². The van der Waals surface area contributed by atoms with Gasteiger partial charge in [-0.1, -0.05) is 36.4 Å². The Kier molecular flexibility index (Phi) is 4.40. The van der Waals surface area contributed by atoms with Crippen molar-refractivity contribution < 1.29 is 23.6 Å². The van der Waals surface area contributed by atoms with Gasteiger partial charge in [0.05, 0.1) is 11.1 Å². The lowest BCUT2D eigenvalue weighted by Crippen LogP contribution is -2.31. The summed E-state index contributed by atoms with van der Waals surface area (Å²) < 4.78 is 61.3. The Morgan fingerprint density at radius 2 is 1.63 bits per heavy atom. The predicted molar refractivity (Wildman–Crippen MR) is 138 cm³/mol. The van der Waals surface area contributed by atoms with Crippen molar-refractivity contribution in [2.24, 2.45) is 7.05 Å². The normalized spacial score (nSPS) is 17.7. The summed E-state index contributed by atoms with van der Waals surface area (Å²) in [5.41, 5.74) is 5.89. The first kappa shape index (κ1) is 17.9. The van der Waals surface area contributed by atoms with Crippen LogP contribution in [0.1, 0.15) is 40.9 Å². The van der Waals surface area contributed by atoms with Gasteiger partial charge in [0.1, 0.15) is 24.0 Å². The number of nitrogens with zero attached hydrogens (tertiary/aromatic N) is 1. The highest BCUT2D eigenvalue weighted by Crippen LogP contribution is 2.42. The number of hydrogen-bond donors (Lipinski definition) is 0. The third kappa shape index (κ3) is 3.73. The smallest absolute Gasteiger partial charge is 0.216 e. The van der Waals surface area contributed by atoms with Gasteiger partial charge in [0, 0.05) is 41.1 Å². The number of aryl methyl sites for hydroxylation is 3. The first-order chi connectivity index (χ1) is 18.6. The van der Waals surface area contributed by atoms with Gasteiger partial charge >= 0.3 is 0 Å². The van der Waals surface area contributed by atoms with Gasteiger partial charge in [-0.25, -0.2) is 8.96 Å². The first-order valence-electron chi connectivity index (χ1n) is 13.9. The summed E-state index contributed by atoms with van der Waals surface area (Å²) in [7, 11) is 1.82. The van der Waals surface area contributed by atoms with Crippen molar-refractivity contribution in [1.82, 2.24) is 0 Å². The summed E-state index contributed by atoms with van der Waals surface area (Å²) in [4.78, 5) is 0. The highest BCUT2D eigenvalue weighted by atomic mass is 19.1. The van der Waals surface area contributed by atoms with Gasteiger partial charge in [-0.05, 0) is 67.4 Å². The van der Waals surface area contributed by atoms with Gasteiger partial charge in [0.15, 0.2) is 6.20 Å². The minimum atomic E-state index is -2.21. The molecule has 0 unspecified atom stereocenters. The molecule has 2 aromatic heterocycles. The molecule has 3 nitrogen and oxygen atoms in total. The number of pyridine rings is 1. The maximum Gasteiger partial charge on any atom is 0.216 e. The van der Waals surface area contributed by atoms with Gasteiger partial charge < -0.3 is 9.15 Å². The topological polar surface area (TPSA) is 26.2 Å². The summed E-state index contributed by atoms with van der Waals surface area (Å²) in [6, 6.07) is 18.2. The minimum Gasteiger partial charge on any atom is -0.454 e.